The molecule has 0 fully saturated rings. The topological polar surface area (TPSA) is 50.4 Å². The predicted molar refractivity (Wildman–Crippen MR) is 113 cm³/mol. The van der Waals surface area contributed by atoms with E-state index in [-0.39, 0.29) is 6.03 Å². The number of carbonyl (C=O) groups is 1. The molecule has 0 aliphatic rings. The fraction of sp³-hybridized carbons (Fsp3) is 0.435. The van der Waals surface area contributed by atoms with Gasteiger partial charge in [0.2, 0.25) is 0 Å². The van der Waals surface area contributed by atoms with Crippen LogP contribution in [0.3, 0.4) is 0 Å². The number of anilines is 1. The molecule has 0 radical (unpaired) electrons. The SMILES string of the molecule is CCCCCNC(=O)Nc1ccccc1Oc1ccccc1CCCCC. The van der Waals surface area contributed by atoms with Crippen molar-refractivity contribution in [1.29, 1.82) is 0 Å². The van der Waals surface area contributed by atoms with Crippen LogP contribution >= 0.6 is 0 Å². The molecule has 0 aliphatic carbocycles. The van der Waals surface area contributed by atoms with E-state index in [1.165, 1.54) is 18.4 Å². The van der Waals surface area contributed by atoms with Crippen molar-refractivity contribution in [3.63, 3.8) is 0 Å². The second-order valence-corrected chi connectivity index (χ2v) is 6.75. The van der Waals surface area contributed by atoms with Crippen molar-refractivity contribution in [2.45, 2.75) is 58.8 Å². The van der Waals surface area contributed by atoms with Gasteiger partial charge in [0, 0.05) is 6.54 Å². The average Bonchev–Trinajstić information content (AvgIpc) is 2.68. The Morgan fingerprint density at radius 1 is 0.852 bits per heavy atom. The zero-order valence-electron chi connectivity index (χ0n) is 16.6. The molecular weight excluding hydrogens is 336 g/mol. The van der Waals surface area contributed by atoms with E-state index >= 15 is 0 Å². The molecule has 2 amide bonds. The van der Waals surface area contributed by atoms with Gasteiger partial charge in [-0.25, -0.2) is 4.79 Å². The molecule has 0 saturated carbocycles. The summed E-state index contributed by atoms with van der Waals surface area (Å²) < 4.78 is 6.17. The molecule has 0 aliphatic heterocycles. The Labute approximate surface area is 163 Å². The maximum Gasteiger partial charge on any atom is 0.319 e. The van der Waals surface area contributed by atoms with E-state index in [2.05, 4.69) is 30.5 Å². The van der Waals surface area contributed by atoms with Crippen LogP contribution in [-0.2, 0) is 6.42 Å². The standard InChI is InChI=1S/C23H32N2O2/c1-3-5-7-13-19-14-8-10-16-21(19)27-22-17-11-9-15-20(22)25-23(26)24-18-12-6-4-2/h8-11,14-17H,3-7,12-13,18H2,1-2H3,(H2,24,25,26). The molecule has 0 bridgehead atoms. The van der Waals surface area contributed by atoms with Gasteiger partial charge in [-0.1, -0.05) is 69.9 Å². The van der Waals surface area contributed by atoms with Crippen molar-refractivity contribution in [3.8, 4) is 11.5 Å². The summed E-state index contributed by atoms with van der Waals surface area (Å²) in [4.78, 5) is 12.1. The van der Waals surface area contributed by atoms with Crippen molar-refractivity contribution in [2.75, 3.05) is 11.9 Å². The molecule has 0 spiro atoms. The molecule has 2 aromatic rings. The Balaban J connectivity index is 2.02. The molecule has 146 valence electrons. The number of para-hydroxylation sites is 3. The van der Waals surface area contributed by atoms with Crippen LogP contribution in [0.4, 0.5) is 10.5 Å². The summed E-state index contributed by atoms with van der Waals surface area (Å²) in [6, 6.07) is 15.5. The van der Waals surface area contributed by atoms with Crippen molar-refractivity contribution in [1.82, 2.24) is 5.32 Å². The minimum atomic E-state index is -0.196. The predicted octanol–water partition coefficient (Wildman–Crippen LogP) is 6.52. The molecular formula is C23H32N2O2. The number of urea groups is 1. The van der Waals surface area contributed by atoms with Gasteiger partial charge in [0.25, 0.3) is 0 Å². The number of rotatable bonds is 11. The number of hydrogen-bond acceptors (Lipinski definition) is 2. The van der Waals surface area contributed by atoms with Gasteiger partial charge in [-0.15, -0.1) is 0 Å². The van der Waals surface area contributed by atoms with E-state index in [0.717, 1.165) is 37.9 Å². The highest BCUT2D eigenvalue weighted by molar-refractivity contribution is 5.90. The fourth-order valence-corrected chi connectivity index (χ4v) is 2.90. The summed E-state index contributed by atoms with van der Waals surface area (Å²) in [5.41, 5.74) is 1.87. The molecule has 0 unspecified atom stereocenters. The third kappa shape index (κ3) is 7.33. The van der Waals surface area contributed by atoms with Crippen LogP contribution < -0.4 is 15.4 Å². The molecule has 4 nitrogen and oxygen atoms in total. The summed E-state index contributed by atoms with van der Waals surface area (Å²) in [5, 5.41) is 5.80. The highest BCUT2D eigenvalue weighted by Crippen LogP contribution is 2.32. The Morgan fingerprint density at radius 2 is 1.52 bits per heavy atom. The number of hydrogen-bond donors (Lipinski definition) is 2. The first-order valence-corrected chi connectivity index (χ1v) is 10.1. The normalized spacial score (nSPS) is 10.4. The van der Waals surface area contributed by atoms with E-state index in [4.69, 9.17) is 4.74 Å². The van der Waals surface area contributed by atoms with E-state index in [1.54, 1.807) is 0 Å². The van der Waals surface area contributed by atoms with Gasteiger partial charge in [0.05, 0.1) is 5.69 Å². The molecule has 0 saturated heterocycles. The lowest BCUT2D eigenvalue weighted by Crippen LogP contribution is -2.29. The number of aryl methyl sites for hydroxylation is 1. The van der Waals surface area contributed by atoms with E-state index in [0.29, 0.717) is 18.0 Å². The maximum atomic E-state index is 12.1. The van der Waals surface area contributed by atoms with Crippen molar-refractivity contribution >= 4 is 11.7 Å². The molecule has 2 N–H and O–H groups in total. The number of unbranched alkanes of at least 4 members (excludes halogenated alkanes) is 4. The minimum Gasteiger partial charge on any atom is -0.455 e. The molecule has 27 heavy (non-hydrogen) atoms. The van der Waals surface area contributed by atoms with Crippen LogP contribution in [0, 0.1) is 0 Å². The number of nitrogens with one attached hydrogen (secondary N) is 2. The Hall–Kier alpha value is -2.49. The van der Waals surface area contributed by atoms with E-state index < -0.39 is 0 Å². The average molecular weight is 369 g/mol. The molecule has 0 aromatic heterocycles. The first kappa shape index (κ1) is 20.8. The monoisotopic (exact) mass is 368 g/mol. The Kier molecular flexibility index (Phi) is 9.25. The lowest BCUT2D eigenvalue weighted by Gasteiger charge is -2.15. The molecule has 0 heterocycles. The Morgan fingerprint density at radius 3 is 2.30 bits per heavy atom. The molecule has 2 aromatic carbocycles. The largest absolute Gasteiger partial charge is 0.455 e. The summed E-state index contributed by atoms with van der Waals surface area (Å²) in [7, 11) is 0. The molecule has 4 heteroatoms. The van der Waals surface area contributed by atoms with Crippen molar-refractivity contribution in [2.24, 2.45) is 0 Å². The van der Waals surface area contributed by atoms with Gasteiger partial charge in [0.15, 0.2) is 5.75 Å². The van der Waals surface area contributed by atoms with Crippen LogP contribution in [0.2, 0.25) is 0 Å². The van der Waals surface area contributed by atoms with Gasteiger partial charge in [-0.2, -0.15) is 0 Å². The Bertz CT molecular complexity index is 700. The highest BCUT2D eigenvalue weighted by Gasteiger charge is 2.10. The third-order valence-electron chi connectivity index (χ3n) is 4.44. The zero-order chi connectivity index (χ0) is 19.3. The summed E-state index contributed by atoms with van der Waals surface area (Å²) in [5.74, 6) is 1.51. The van der Waals surface area contributed by atoms with Crippen molar-refractivity contribution in [3.05, 3.63) is 54.1 Å². The number of ether oxygens (including phenoxy) is 1. The molecule has 0 atom stereocenters. The second kappa shape index (κ2) is 12.0. The lowest BCUT2D eigenvalue weighted by molar-refractivity contribution is 0.252. The van der Waals surface area contributed by atoms with Gasteiger partial charge in [-0.3, -0.25) is 0 Å². The van der Waals surface area contributed by atoms with Gasteiger partial charge in [0.1, 0.15) is 5.75 Å². The second-order valence-electron chi connectivity index (χ2n) is 6.75. The van der Waals surface area contributed by atoms with Crippen LogP contribution in [0.15, 0.2) is 48.5 Å². The third-order valence-corrected chi connectivity index (χ3v) is 4.44. The first-order valence-electron chi connectivity index (χ1n) is 10.1. The number of carbonyl (C=O) groups excluding carboxylic acids is 1. The summed E-state index contributed by atoms with van der Waals surface area (Å²) in [6.45, 7) is 5.04. The summed E-state index contributed by atoms with van der Waals surface area (Å²) in [6.07, 6.45) is 7.81. The molecule has 2 rings (SSSR count). The van der Waals surface area contributed by atoms with Crippen LogP contribution in [0.5, 0.6) is 11.5 Å². The highest BCUT2D eigenvalue weighted by atomic mass is 16.5. The summed E-state index contributed by atoms with van der Waals surface area (Å²) >= 11 is 0. The lowest BCUT2D eigenvalue weighted by atomic mass is 10.1. The van der Waals surface area contributed by atoms with Crippen LogP contribution in [0.1, 0.15) is 57.9 Å². The number of benzene rings is 2. The van der Waals surface area contributed by atoms with Crippen molar-refractivity contribution < 1.29 is 9.53 Å². The van der Waals surface area contributed by atoms with Gasteiger partial charge >= 0.3 is 6.03 Å². The van der Waals surface area contributed by atoms with Crippen LogP contribution in [-0.4, -0.2) is 12.6 Å². The van der Waals surface area contributed by atoms with E-state index in [1.807, 2.05) is 42.5 Å². The maximum absolute atomic E-state index is 12.1. The fourth-order valence-electron chi connectivity index (χ4n) is 2.90. The number of amides is 2. The minimum absolute atomic E-state index is 0.196. The van der Waals surface area contributed by atoms with Gasteiger partial charge in [-0.05, 0) is 43.0 Å². The zero-order valence-corrected chi connectivity index (χ0v) is 16.6. The quantitative estimate of drug-likeness (QED) is 0.443. The van der Waals surface area contributed by atoms with Gasteiger partial charge < -0.3 is 15.4 Å². The van der Waals surface area contributed by atoms with Crippen LogP contribution in [0.25, 0.3) is 0 Å². The smallest absolute Gasteiger partial charge is 0.319 e. The van der Waals surface area contributed by atoms with E-state index in [9.17, 15) is 4.79 Å². The first-order chi connectivity index (χ1) is 13.2.